The Morgan fingerprint density at radius 1 is 1.03 bits per heavy atom. The average Bonchev–Trinajstić information content (AvgIpc) is 3.28. The van der Waals surface area contributed by atoms with Gasteiger partial charge in [-0.1, -0.05) is 18.2 Å². The molecule has 2 aromatic heterocycles. The van der Waals surface area contributed by atoms with Crippen LogP contribution in [0.3, 0.4) is 0 Å². The van der Waals surface area contributed by atoms with Crippen molar-refractivity contribution < 1.29 is 33.3 Å². The van der Waals surface area contributed by atoms with Gasteiger partial charge in [0.05, 0.1) is 27.2 Å². The highest BCUT2D eigenvalue weighted by atomic mass is 16.6. The fourth-order valence-corrected chi connectivity index (χ4v) is 3.23. The highest BCUT2D eigenvalue weighted by molar-refractivity contribution is 6.06. The van der Waals surface area contributed by atoms with Crippen LogP contribution in [0.15, 0.2) is 43.0 Å². The topological polar surface area (TPSA) is 144 Å². The van der Waals surface area contributed by atoms with Crippen molar-refractivity contribution in [1.82, 2.24) is 19.5 Å². The molecule has 0 spiro atoms. The number of nitrogens with zero attached hydrogens (tertiary/aromatic N) is 4. The maximum Gasteiger partial charge on any atom is 0.338 e. The molecule has 1 saturated heterocycles. The third-order valence-corrected chi connectivity index (χ3v) is 4.80. The molecule has 12 heteroatoms. The molecule has 3 atom stereocenters. The van der Waals surface area contributed by atoms with Crippen molar-refractivity contribution in [2.75, 3.05) is 26.1 Å². The highest BCUT2D eigenvalue weighted by Crippen LogP contribution is 2.28. The number of aromatic nitrogens is 4. The van der Waals surface area contributed by atoms with Gasteiger partial charge in [0.1, 0.15) is 6.33 Å². The second-order valence-electron chi connectivity index (χ2n) is 6.68. The number of imidazole rings is 1. The van der Waals surface area contributed by atoms with E-state index < -0.39 is 30.4 Å². The Kier molecular flexibility index (Phi) is 6.05. The number of hydrogen-bond acceptors (Lipinski definition) is 10. The SMILES string of the molecule is COC(=O)[C@@H]1OC[C@H](n2cnc3c(NC(=O)c4ccccc4)ncnc32)O[C@H]1C(=O)OC. The summed E-state index contributed by atoms with van der Waals surface area (Å²) in [4.78, 5) is 49.2. The van der Waals surface area contributed by atoms with Crippen LogP contribution in [0.25, 0.3) is 11.2 Å². The quantitative estimate of drug-likeness (QED) is 0.562. The van der Waals surface area contributed by atoms with E-state index in [4.69, 9.17) is 14.2 Å². The van der Waals surface area contributed by atoms with Crippen LogP contribution < -0.4 is 5.32 Å². The maximum absolute atomic E-state index is 12.5. The van der Waals surface area contributed by atoms with Crippen molar-refractivity contribution in [3.8, 4) is 0 Å². The second-order valence-corrected chi connectivity index (χ2v) is 6.68. The second kappa shape index (κ2) is 9.08. The van der Waals surface area contributed by atoms with Crippen molar-refractivity contribution in [2.24, 2.45) is 0 Å². The smallest absolute Gasteiger partial charge is 0.338 e. The van der Waals surface area contributed by atoms with E-state index in [-0.39, 0.29) is 18.3 Å². The van der Waals surface area contributed by atoms with Crippen LogP contribution in [0.4, 0.5) is 5.82 Å². The first-order valence-electron chi connectivity index (χ1n) is 9.50. The predicted octanol–water partition coefficient (Wildman–Crippen LogP) is 0.707. The Bertz CT molecular complexity index is 1150. The van der Waals surface area contributed by atoms with Gasteiger partial charge < -0.3 is 24.3 Å². The normalized spacial score (nSPS) is 20.5. The van der Waals surface area contributed by atoms with Crippen molar-refractivity contribution in [3.63, 3.8) is 0 Å². The zero-order chi connectivity index (χ0) is 22.7. The molecule has 32 heavy (non-hydrogen) atoms. The number of amides is 1. The van der Waals surface area contributed by atoms with Crippen molar-refractivity contribution in [2.45, 2.75) is 18.4 Å². The molecule has 1 fully saturated rings. The maximum atomic E-state index is 12.5. The standard InChI is InChI=1S/C20H19N5O7/c1-29-19(27)14-15(20(28)30-2)32-12(8-31-14)25-10-23-13-16(21-9-22-17(13)25)24-18(26)11-6-4-3-5-7-11/h3-7,9-10,12,14-15H,8H2,1-2H3,(H,21,22,24,26)/t12-,14-,15-/m1/s1. The molecule has 0 saturated carbocycles. The molecule has 1 aromatic carbocycles. The number of carbonyl (C=O) groups excluding carboxylic acids is 3. The number of nitrogens with one attached hydrogen (secondary N) is 1. The van der Waals surface area contributed by atoms with Gasteiger partial charge >= 0.3 is 11.9 Å². The lowest BCUT2D eigenvalue weighted by Gasteiger charge is -2.33. The molecule has 12 nitrogen and oxygen atoms in total. The minimum atomic E-state index is -1.34. The van der Waals surface area contributed by atoms with Gasteiger partial charge in [0, 0.05) is 5.56 Å². The fourth-order valence-electron chi connectivity index (χ4n) is 3.23. The van der Waals surface area contributed by atoms with E-state index in [1.807, 2.05) is 0 Å². The van der Waals surface area contributed by atoms with Gasteiger partial charge in [-0.05, 0) is 12.1 Å². The monoisotopic (exact) mass is 441 g/mol. The number of rotatable bonds is 5. The third-order valence-electron chi connectivity index (χ3n) is 4.80. The third kappa shape index (κ3) is 4.00. The number of carbonyl (C=O) groups is 3. The van der Waals surface area contributed by atoms with E-state index in [1.165, 1.54) is 31.4 Å². The van der Waals surface area contributed by atoms with Gasteiger partial charge in [0.25, 0.3) is 5.91 Å². The first-order chi connectivity index (χ1) is 15.5. The summed E-state index contributed by atoms with van der Waals surface area (Å²) in [5, 5.41) is 2.71. The van der Waals surface area contributed by atoms with E-state index in [9.17, 15) is 14.4 Å². The highest BCUT2D eigenvalue weighted by Gasteiger charge is 2.44. The van der Waals surface area contributed by atoms with Gasteiger partial charge in [0.2, 0.25) is 0 Å². The zero-order valence-corrected chi connectivity index (χ0v) is 17.1. The van der Waals surface area contributed by atoms with Crippen LogP contribution in [0, 0.1) is 0 Å². The van der Waals surface area contributed by atoms with Crippen LogP contribution in [0.2, 0.25) is 0 Å². The number of anilines is 1. The van der Waals surface area contributed by atoms with Gasteiger partial charge in [-0.3, -0.25) is 9.36 Å². The number of esters is 2. The number of benzene rings is 1. The van der Waals surface area contributed by atoms with Gasteiger partial charge in [0.15, 0.2) is 35.4 Å². The lowest BCUT2D eigenvalue weighted by atomic mass is 10.2. The first kappa shape index (κ1) is 21.3. The van der Waals surface area contributed by atoms with E-state index in [2.05, 4.69) is 25.0 Å². The summed E-state index contributed by atoms with van der Waals surface area (Å²) in [7, 11) is 2.35. The van der Waals surface area contributed by atoms with Crippen LogP contribution in [0.5, 0.6) is 0 Å². The number of methoxy groups -OCH3 is 2. The van der Waals surface area contributed by atoms with Gasteiger partial charge in [-0.25, -0.2) is 24.5 Å². The van der Waals surface area contributed by atoms with Gasteiger partial charge in [-0.2, -0.15) is 0 Å². The summed E-state index contributed by atoms with van der Waals surface area (Å²) in [6.45, 7) is -0.0889. The van der Waals surface area contributed by atoms with Crippen molar-refractivity contribution in [1.29, 1.82) is 0 Å². The molecule has 0 radical (unpaired) electrons. The Morgan fingerprint density at radius 2 is 1.75 bits per heavy atom. The molecule has 1 N–H and O–H groups in total. The van der Waals surface area contributed by atoms with E-state index in [1.54, 1.807) is 30.3 Å². The molecule has 4 rings (SSSR count). The molecule has 1 amide bonds. The molecular formula is C20H19N5O7. The van der Waals surface area contributed by atoms with Crippen LogP contribution >= 0.6 is 0 Å². The number of hydrogen-bond donors (Lipinski definition) is 1. The molecule has 3 heterocycles. The molecule has 0 unspecified atom stereocenters. The predicted molar refractivity (Wildman–Crippen MR) is 107 cm³/mol. The summed E-state index contributed by atoms with van der Waals surface area (Å²) >= 11 is 0. The van der Waals surface area contributed by atoms with E-state index in [0.29, 0.717) is 16.7 Å². The van der Waals surface area contributed by atoms with E-state index in [0.717, 1.165) is 0 Å². The lowest BCUT2D eigenvalue weighted by molar-refractivity contribution is -0.224. The Labute approximate surface area is 181 Å². The van der Waals surface area contributed by atoms with E-state index >= 15 is 0 Å². The zero-order valence-electron chi connectivity index (χ0n) is 17.1. The Hall–Kier alpha value is -3.90. The first-order valence-corrected chi connectivity index (χ1v) is 9.50. The molecule has 0 bridgehead atoms. The summed E-state index contributed by atoms with van der Waals surface area (Å²) in [6.07, 6.45) is -0.785. The molecule has 1 aliphatic heterocycles. The number of fused-ring (bicyclic) bond motifs is 1. The summed E-state index contributed by atoms with van der Waals surface area (Å²) < 4.78 is 22.2. The summed E-state index contributed by atoms with van der Waals surface area (Å²) in [6, 6.07) is 8.65. The largest absolute Gasteiger partial charge is 0.467 e. The van der Waals surface area contributed by atoms with Gasteiger partial charge in [-0.15, -0.1) is 0 Å². The fraction of sp³-hybridized carbons (Fsp3) is 0.300. The minimum Gasteiger partial charge on any atom is -0.467 e. The number of ether oxygens (including phenoxy) is 4. The van der Waals surface area contributed by atoms with Crippen LogP contribution in [0.1, 0.15) is 16.6 Å². The van der Waals surface area contributed by atoms with Crippen LogP contribution in [-0.2, 0) is 28.5 Å². The van der Waals surface area contributed by atoms with Crippen LogP contribution in [-0.4, -0.2) is 70.4 Å². The molecule has 0 aliphatic carbocycles. The Morgan fingerprint density at radius 3 is 2.47 bits per heavy atom. The molecule has 3 aromatic rings. The average molecular weight is 441 g/mol. The summed E-state index contributed by atoms with van der Waals surface area (Å²) in [5.41, 5.74) is 1.10. The summed E-state index contributed by atoms with van der Waals surface area (Å²) in [5.74, 6) is -1.71. The van der Waals surface area contributed by atoms with Crippen molar-refractivity contribution >= 4 is 34.8 Å². The Balaban J connectivity index is 1.60. The molecular weight excluding hydrogens is 422 g/mol. The van der Waals surface area contributed by atoms with Crippen molar-refractivity contribution in [3.05, 3.63) is 48.5 Å². The lowest BCUT2D eigenvalue weighted by Crippen LogP contribution is -2.50. The molecule has 1 aliphatic rings. The minimum absolute atomic E-state index is 0.0889. The molecule has 166 valence electrons.